The van der Waals surface area contributed by atoms with Crippen LogP contribution in [-0.2, 0) is 4.79 Å². The van der Waals surface area contributed by atoms with Crippen LogP contribution in [0.15, 0.2) is 0 Å². The van der Waals surface area contributed by atoms with Gasteiger partial charge >= 0.3 is 0 Å². The fourth-order valence-corrected chi connectivity index (χ4v) is 7.97. The van der Waals surface area contributed by atoms with Crippen LogP contribution in [0.5, 0.6) is 0 Å². The van der Waals surface area contributed by atoms with Crippen LogP contribution in [0.2, 0.25) is 0 Å². The number of carbonyl (C=O) groups is 1. The van der Waals surface area contributed by atoms with Gasteiger partial charge in [0.1, 0.15) is 12.3 Å². The molecule has 1 saturated heterocycles. The van der Waals surface area contributed by atoms with E-state index in [2.05, 4.69) is 29.0 Å². The maximum atomic E-state index is 13.9. The lowest BCUT2D eigenvalue weighted by Gasteiger charge is -2.48. The van der Waals surface area contributed by atoms with Crippen molar-refractivity contribution in [3.63, 3.8) is 0 Å². The minimum atomic E-state index is -0.640. The number of piperazine rings is 1. The van der Waals surface area contributed by atoms with E-state index in [1.54, 1.807) is 0 Å². The van der Waals surface area contributed by atoms with Crippen molar-refractivity contribution in [2.24, 2.45) is 29.6 Å². The zero-order chi connectivity index (χ0) is 26.4. The predicted molar refractivity (Wildman–Crippen MR) is 145 cm³/mol. The molecule has 0 aromatic heterocycles. The SMILES string of the molecule is CC(C)C1CCC(CN2CCN(C(C3CCC(F)CC3)C3CCC(F)CC3)CC2)C(=O)C(NCCO)C1. The zero-order valence-electron chi connectivity index (χ0n) is 23.4. The topological polar surface area (TPSA) is 55.8 Å². The first-order valence-corrected chi connectivity index (χ1v) is 15.5. The molecule has 0 bridgehead atoms. The molecule has 2 N–H and O–H groups in total. The summed E-state index contributed by atoms with van der Waals surface area (Å²) in [6, 6.07) is 0.314. The highest BCUT2D eigenvalue weighted by atomic mass is 19.1. The smallest absolute Gasteiger partial charge is 0.154 e. The van der Waals surface area contributed by atoms with Gasteiger partial charge in [-0.3, -0.25) is 9.69 Å². The molecule has 3 saturated carbocycles. The number of carbonyl (C=O) groups excluding carboxylic acids is 1. The third-order valence-corrected chi connectivity index (χ3v) is 10.3. The van der Waals surface area contributed by atoms with Crippen molar-refractivity contribution in [1.82, 2.24) is 15.1 Å². The number of nitrogens with zero attached hydrogens (tertiary/aromatic N) is 2. The number of alkyl halides is 2. The number of aliphatic hydroxyl groups excluding tert-OH is 1. The number of Topliss-reactive ketones (excluding diaryl/α,β-unsaturated/α-hetero) is 1. The molecule has 1 heterocycles. The van der Waals surface area contributed by atoms with Crippen LogP contribution >= 0.6 is 0 Å². The fourth-order valence-electron chi connectivity index (χ4n) is 7.97. The maximum absolute atomic E-state index is 13.9. The van der Waals surface area contributed by atoms with Gasteiger partial charge < -0.3 is 15.3 Å². The third kappa shape index (κ3) is 7.95. The van der Waals surface area contributed by atoms with Crippen molar-refractivity contribution in [3.8, 4) is 0 Å². The second-order valence-corrected chi connectivity index (χ2v) is 13.0. The van der Waals surface area contributed by atoms with Gasteiger partial charge in [0.2, 0.25) is 0 Å². The minimum absolute atomic E-state index is 0.0574. The molecule has 0 radical (unpaired) electrons. The van der Waals surface area contributed by atoms with E-state index in [9.17, 15) is 18.7 Å². The number of rotatable bonds is 9. The number of ketones is 1. The Morgan fingerprint density at radius 2 is 1.38 bits per heavy atom. The summed E-state index contributed by atoms with van der Waals surface area (Å²) in [5.74, 6) is 2.57. The molecule has 4 fully saturated rings. The summed E-state index contributed by atoms with van der Waals surface area (Å²) < 4.78 is 27.9. The molecule has 214 valence electrons. The molecule has 4 aliphatic rings. The van der Waals surface area contributed by atoms with E-state index in [1.807, 2.05) is 0 Å². The summed E-state index contributed by atoms with van der Waals surface area (Å²) in [7, 11) is 0. The Morgan fingerprint density at radius 1 is 0.838 bits per heavy atom. The highest BCUT2D eigenvalue weighted by molar-refractivity contribution is 5.86. The maximum Gasteiger partial charge on any atom is 0.154 e. The quantitative estimate of drug-likeness (QED) is 0.430. The highest BCUT2D eigenvalue weighted by Crippen LogP contribution is 2.40. The van der Waals surface area contributed by atoms with E-state index in [0.29, 0.717) is 67.7 Å². The van der Waals surface area contributed by atoms with Crippen molar-refractivity contribution in [1.29, 1.82) is 0 Å². The molecule has 0 aromatic rings. The molecular weight excluding hydrogens is 472 g/mol. The molecule has 5 nitrogen and oxygen atoms in total. The Kier molecular flexibility index (Phi) is 11.2. The monoisotopic (exact) mass is 525 g/mol. The first-order chi connectivity index (χ1) is 17.9. The number of aliphatic hydroxyl groups is 1. The van der Waals surface area contributed by atoms with Gasteiger partial charge in [-0.05, 0) is 94.3 Å². The molecule has 3 atom stereocenters. The predicted octanol–water partition coefficient (Wildman–Crippen LogP) is 4.62. The molecule has 3 aliphatic carbocycles. The third-order valence-electron chi connectivity index (χ3n) is 10.3. The summed E-state index contributed by atoms with van der Waals surface area (Å²) >= 11 is 0. The van der Waals surface area contributed by atoms with Gasteiger partial charge in [0, 0.05) is 51.2 Å². The van der Waals surface area contributed by atoms with Crippen LogP contribution < -0.4 is 5.32 Å². The normalized spacial score (nSPS) is 38.0. The van der Waals surface area contributed by atoms with Crippen LogP contribution in [-0.4, -0.2) is 91.0 Å². The largest absolute Gasteiger partial charge is 0.395 e. The highest BCUT2D eigenvalue weighted by Gasteiger charge is 2.40. The summed E-state index contributed by atoms with van der Waals surface area (Å²) in [6.45, 7) is 9.82. The van der Waals surface area contributed by atoms with E-state index < -0.39 is 12.3 Å². The average Bonchev–Trinajstić information content (AvgIpc) is 3.05. The summed E-state index contributed by atoms with van der Waals surface area (Å²) in [4.78, 5) is 18.6. The second kappa shape index (κ2) is 14.1. The molecule has 3 unspecified atom stereocenters. The summed E-state index contributed by atoms with van der Waals surface area (Å²) in [5, 5.41) is 12.6. The van der Waals surface area contributed by atoms with Crippen LogP contribution in [0.4, 0.5) is 8.78 Å². The Labute approximate surface area is 224 Å². The first kappa shape index (κ1) is 29.4. The van der Waals surface area contributed by atoms with Gasteiger partial charge in [0.05, 0.1) is 12.6 Å². The lowest BCUT2D eigenvalue weighted by molar-refractivity contribution is -0.125. The van der Waals surface area contributed by atoms with E-state index in [0.717, 1.165) is 77.7 Å². The number of halogens is 2. The van der Waals surface area contributed by atoms with Crippen molar-refractivity contribution in [2.45, 2.75) is 109 Å². The van der Waals surface area contributed by atoms with Crippen molar-refractivity contribution in [3.05, 3.63) is 0 Å². The molecule has 1 aliphatic heterocycles. The molecule has 4 rings (SSSR count). The van der Waals surface area contributed by atoms with Crippen LogP contribution in [0, 0.1) is 29.6 Å². The summed E-state index contributed by atoms with van der Waals surface area (Å²) in [5.41, 5.74) is 0. The van der Waals surface area contributed by atoms with E-state index in [-0.39, 0.29) is 18.6 Å². The van der Waals surface area contributed by atoms with Gasteiger partial charge in [0.25, 0.3) is 0 Å². The van der Waals surface area contributed by atoms with Gasteiger partial charge in [-0.15, -0.1) is 0 Å². The molecule has 0 spiro atoms. The number of hydrogen-bond donors (Lipinski definition) is 2. The Balaban J connectivity index is 1.35. The van der Waals surface area contributed by atoms with Crippen molar-refractivity contribution in [2.75, 3.05) is 45.9 Å². The Morgan fingerprint density at radius 3 is 1.89 bits per heavy atom. The second-order valence-electron chi connectivity index (χ2n) is 13.0. The van der Waals surface area contributed by atoms with Gasteiger partial charge in [-0.25, -0.2) is 8.78 Å². The van der Waals surface area contributed by atoms with Crippen molar-refractivity contribution >= 4 is 5.78 Å². The molecule has 0 aromatic carbocycles. The zero-order valence-corrected chi connectivity index (χ0v) is 23.4. The van der Waals surface area contributed by atoms with Gasteiger partial charge in [-0.2, -0.15) is 0 Å². The minimum Gasteiger partial charge on any atom is -0.395 e. The van der Waals surface area contributed by atoms with E-state index >= 15 is 0 Å². The van der Waals surface area contributed by atoms with Gasteiger partial charge in [0.15, 0.2) is 5.78 Å². The Hall–Kier alpha value is -0.630. The molecule has 37 heavy (non-hydrogen) atoms. The molecule has 7 heteroatoms. The van der Waals surface area contributed by atoms with E-state index in [1.165, 1.54) is 0 Å². The van der Waals surface area contributed by atoms with Crippen LogP contribution in [0.1, 0.15) is 84.5 Å². The molecular formula is C30H53F2N3O2. The summed E-state index contributed by atoms with van der Waals surface area (Å²) in [6.07, 6.45) is 8.28. The molecule has 0 amide bonds. The lowest BCUT2D eigenvalue weighted by atomic mass is 9.72. The average molecular weight is 526 g/mol. The Bertz CT molecular complexity index is 664. The van der Waals surface area contributed by atoms with Crippen LogP contribution in [0.3, 0.4) is 0 Å². The standard InChI is InChI=1S/C30H53F2N3O2/c1-21(2)24-3-4-25(30(37)28(19-24)33-13-18-36)20-34-14-16-35(17-15-34)29(22-5-9-26(31)10-6-22)23-7-11-27(32)12-8-23/h21-29,33,36H,3-20H2,1-2H3. The van der Waals surface area contributed by atoms with Crippen LogP contribution in [0.25, 0.3) is 0 Å². The first-order valence-electron chi connectivity index (χ1n) is 15.5. The lowest BCUT2D eigenvalue weighted by Crippen LogP contribution is -2.56. The number of nitrogens with one attached hydrogen (secondary N) is 1. The number of hydrogen-bond acceptors (Lipinski definition) is 5. The van der Waals surface area contributed by atoms with Crippen molar-refractivity contribution < 1.29 is 18.7 Å². The fraction of sp³-hybridized carbons (Fsp3) is 0.967. The van der Waals surface area contributed by atoms with Gasteiger partial charge in [-0.1, -0.05) is 13.8 Å². The van der Waals surface area contributed by atoms with E-state index in [4.69, 9.17) is 0 Å².